The molecule has 1 aliphatic carbocycles. The molecule has 188 valence electrons. The second kappa shape index (κ2) is 7.61. The first-order valence-corrected chi connectivity index (χ1v) is 14.1. The SMILES string of the molecule is CC1(C)c2ccccc2-c2c3c1cccc3cc1c3ccc4ccccc4c3n(-c3cccc4ccccc34)c21. The van der Waals surface area contributed by atoms with Gasteiger partial charge in [-0.15, -0.1) is 0 Å². The summed E-state index contributed by atoms with van der Waals surface area (Å²) >= 11 is 0. The smallest absolute Gasteiger partial charge is 0.0626 e. The van der Waals surface area contributed by atoms with Gasteiger partial charge in [-0.2, -0.15) is 0 Å². The van der Waals surface area contributed by atoms with Gasteiger partial charge in [0, 0.05) is 32.5 Å². The summed E-state index contributed by atoms with van der Waals surface area (Å²) in [5, 5.41) is 10.4. The minimum absolute atomic E-state index is 0.0836. The molecule has 7 aromatic carbocycles. The van der Waals surface area contributed by atoms with Crippen LogP contribution < -0.4 is 0 Å². The molecule has 0 atom stereocenters. The third-order valence-electron chi connectivity index (χ3n) is 9.33. The van der Waals surface area contributed by atoms with Crippen LogP contribution in [-0.4, -0.2) is 4.57 Å². The molecule has 40 heavy (non-hydrogen) atoms. The van der Waals surface area contributed by atoms with Crippen molar-refractivity contribution in [1.82, 2.24) is 4.57 Å². The highest BCUT2D eigenvalue weighted by Gasteiger charge is 2.35. The van der Waals surface area contributed by atoms with Crippen molar-refractivity contribution in [2.45, 2.75) is 19.3 Å². The molecule has 0 amide bonds. The van der Waals surface area contributed by atoms with Crippen LogP contribution in [0.25, 0.3) is 70.9 Å². The Balaban J connectivity index is 1.64. The molecule has 0 aliphatic heterocycles. The Kier molecular flexibility index (Phi) is 4.18. The van der Waals surface area contributed by atoms with Gasteiger partial charge in [0.05, 0.1) is 16.7 Å². The van der Waals surface area contributed by atoms with E-state index in [9.17, 15) is 0 Å². The molecule has 0 saturated heterocycles. The Labute approximate surface area is 232 Å². The van der Waals surface area contributed by atoms with Crippen LogP contribution in [0, 0.1) is 0 Å². The minimum Gasteiger partial charge on any atom is -0.307 e. The van der Waals surface area contributed by atoms with Gasteiger partial charge in [0.1, 0.15) is 0 Å². The fourth-order valence-corrected chi connectivity index (χ4v) is 7.53. The fourth-order valence-electron chi connectivity index (χ4n) is 7.53. The van der Waals surface area contributed by atoms with Gasteiger partial charge >= 0.3 is 0 Å². The molecular formula is C39H27N. The van der Waals surface area contributed by atoms with E-state index >= 15 is 0 Å². The van der Waals surface area contributed by atoms with Crippen molar-refractivity contribution < 1.29 is 0 Å². The van der Waals surface area contributed by atoms with Gasteiger partial charge in [0.25, 0.3) is 0 Å². The molecule has 1 heteroatoms. The number of nitrogens with zero attached hydrogens (tertiary/aromatic N) is 1. The van der Waals surface area contributed by atoms with Crippen molar-refractivity contribution in [1.29, 1.82) is 0 Å². The number of fused-ring (bicyclic) bond motifs is 9. The first kappa shape index (κ1) is 22.0. The van der Waals surface area contributed by atoms with Gasteiger partial charge in [0.15, 0.2) is 0 Å². The van der Waals surface area contributed by atoms with E-state index in [2.05, 4.69) is 146 Å². The Morgan fingerprint density at radius 3 is 2.00 bits per heavy atom. The molecule has 1 aromatic heterocycles. The van der Waals surface area contributed by atoms with E-state index in [-0.39, 0.29) is 5.41 Å². The summed E-state index contributed by atoms with van der Waals surface area (Å²) < 4.78 is 2.58. The second-order valence-corrected chi connectivity index (χ2v) is 11.7. The van der Waals surface area contributed by atoms with Gasteiger partial charge in [-0.25, -0.2) is 0 Å². The number of aromatic nitrogens is 1. The average molecular weight is 510 g/mol. The first-order chi connectivity index (χ1) is 19.6. The van der Waals surface area contributed by atoms with Crippen LogP contribution in [0.3, 0.4) is 0 Å². The molecule has 0 spiro atoms. The third-order valence-corrected chi connectivity index (χ3v) is 9.33. The lowest BCUT2D eigenvalue weighted by atomic mass is 9.68. The molecule has 0 N–H and O–H groups in total. The van der Waals surface area contributed by atoms with Crippen molar-refractivity contribution in [3.8, 4) is 16.8 Å². The molecular weight excluding hydrogens is 482 g/mol. The average Bonchev–Trinajstić information content (AvgIpc) is 3.33. The highest BCUT2D eigenvalue weighted by molar-refractivity contribution is 6.27. The third kappa shape index (κ3) is 2.67. The summed E-state index contributed by atoms with van der Waals surface area (Å²) in [5.41, 5.74) is 9.21. The van der Waals surface area contributed by atoms with E-state index in [0.29, 0.717) is 0 Å². The molecule has 1 nitrogen and oxygen atoms in total. The Morgan fingerprint density at radius 2 is 1.12 bits per heavy atom. The van der Waals surface area contributed by atoms with Crippen molar-refractivity contribution in [2.75, 3.05) is 0 Å². The van der Waals surface area contributed by atoms with Gasteiger partial charge in [-0.3, -0.25) is 0 Å². The minimum atomic E-state index is -0.0836. The highest BCUT2D eigenvalue weighted by Crippen LogP contribution is 2.53. The number of hydrogen-bond acceptors (Lipinski definition) is 0. The van der Waals surface area contributed by atoms with Gasteiger partial charge in [0.2, 0.25) is 0 Å². The van der Waals surface area contributed by atoms with Crippen LogP contribution in [0.2, 0.25) is 0 Å². The normalized spacial score (nSPS) is 13.9. The number of rotatable bonds is 1. The van der Waals surface area contributed by atoms with Crippen molar-refractivity contribution in [3.05, 3.63) is 139 Å². The quantitative estimate of drug-likeness (QED) is 0.207. The topological polar surface area (TPSA) is 4.93 Å². The van der Waals surface area contributed by atoms with Gasteiger partial charge < -0.3 is 4.57 Å². The summed E-state index contributed by atoms with van der Waals surface area (Å²) in [5.74, 6) is 0. The summed E-state index contributed by atoms with van der Waals surface area (Å²) in [6, 6.07) is 47.3. The van der Waals surface area contributed by atoms with Crippen LogP contribution in [0.15, 0.2) is 127 Å². The van der Waals surface area contributed by atoms with Crippen molar-refractivity contribution >= 4 is 54.1 Å². The molecule has 0 fully saturated rings. The van der Waals surface area contributed by atoms with Gasteiger partial charge in [-0.05, 0) is 50.4 Å². The number of hydrogen-bond donors (Lipinski definition) is 0. The summed E-state index contributed by atoms with van der Waals surface area (Å²) in [7, 11) is 0. The Morgan fingerprint density at radius 1 is 0.475 bits per heavy atom. The van der Waals surface area contributed by atoms with E-state index in [0.717, 1.165) is 0 Å². The zero-order valence-corrected chi connectivity index (χ0v) is 22.6. The second-order valence-electron chi connectivity index (χ2n) is 11.7. The molecule has 0 bridgehead atoms. The zero-order valence-electron chi connectivity index (χ0n) is 22.6. The Hall–Kier alpha value is -4.88. The van der Waals surface area contributed by atoms with E-state index < -0.39 is 0 Å². The molecule has 9 rings (SSSR count). The van der Waals surface area contributed by atoms with E-state index in [1.165, 1.54) is 82.1 Å². The summed E-state index contributed by atoms with van der Waals surface area (Å²) in [6.45, 7) is 4.75. The van der Waals surface area contributed by atoms with E-state index in [1.54, 1.807) is 0 Å². The number of benzene rings is 7. The van der Waals surface area contributed by atoms with Gasteiger partial charge in [-0.1, -0.05) is 129 Å². The summed E-state index contributed by atoms with van der Waals surface area (Å²) in [4.78, 5) is 0. The predicted molar refractivity (Wildman–Crippen MR) is 171 cm³/mol. The van der Waals surface area contributed by atoms with E-state index in [4.69, 9.17) is 0 Å². The largest absolute Gasteiger partial charge is 0.307 e. The van der Waals surface area contributed by atoms with Crippen LogP contribution in [-0.2, 0) is 5.41 Å². The van der Waals surface area contributed by atoms with Crippen molar-refractivity contribution in [3.63, 3.8) is 0 Å². The standard InChI is InChI=1S/C39H27N/c1-39(2)32-18-8-7-17-30(32)36-35-26(14-9-19-33(35)39)23-31-29-22-21-25-12-4-6-16-28(25)37(29)40(38(31)36)34-20-10-13-24-11-3-5-15-27(24)34/h3-23H,1-2H3. The zero-order chi connectivity index (χ0) is 26.6. The molecule has 1 aliphatic rings. The Bertz CT molecular complexity index is 2340. The lowest BCUT2D eigenvalue weighted by Crippen LogP contribution is -2.23. The highest BCUT2D eigenvalue weighted by atomic mass is 15.0. The monoisotopic (exact) mass is 509 g/mol. The van der Waals surface area contributed by atoms with E-state index in [1.807, 2.05) is 0 Å². The summed E-state index contributed by atoms with van der Waals surface area (Å²) in [6.07, 6.45) is 0. The lowest BCUT2D eigenvalue weighted by molar-refractivity contribution is 0.645. The maximum absolute atomic E-state index is 2.58. The lowest BCUT2D eigenvalue weighted by Gasteiger charge is -2.35. The molecule has 8 aromatic rings. The van der Waals surface area contributed by atoms with Crippen molar-refractivity contribution in [2.24, 2.45) is 0 Å². The van der Waals surface area contributed by atoms with Crippen LogP contribution >= 0.6 is 0 Å². The predicted octanol–water partition coefficient (Wildman–Crippen LogP) is 10.5. The maximum atomic E-state index is 2.58. The molecule has 0 unspecified atom stereocenters. The first-order valence-electron chi connectivity index (χ1n) is 14.1. The van der Waals surface area contributed by atoms with Crippen LogP contribution in [0.4, 0.5) is 0 Å². The molecule has 0 saturated carbocycles. The fraction of sp³-hybridized carbons (Fsp3) is 0.0769. The molecule has 0 radical (unpaired) electrons. The molecule has 1 heterocycles. The van der Waals surface area contributed by atoms with Crippen LogP contribution in [0.1, 0.15) is 25.0 Å². The van der Waals surface area contributed by atoms with Crippen LogP contribution in [0.5, 0.6) is 0 Å². The maximum Gasteiger partial charge on any atom is 0.0626 e.